The highest BCUT2D eigenvalue weighted by Crippen LogP contribution is 2.16. The summed E-state index contributed by atoms with van der Waals surface area (Å²) in [5, 5.41) is 12.0. The number of nitrogens with one attached hydrogen (secondary N) is 1. The predicted molar refractivity (Wildman–Crippen MR) is 89.5 cm³/mol. The van der Waals surface area contributed by atoms with Crippen LogP contribution in [0.2, 0.25) is 0 Å². The van der Waals surface area contributed by atoms with Gasteiger partial charge >= 0.3 is 6.03 Å². The molecule has 2 aromatic rings. The van der Waals surface area contributed by atoms with Gasteiger partial charge in [-0.05, 0) is 31.0 Å². The van der Waals surface area contributed by atoms with Crippen LogP contribution in [0.3, 0.4) is 0 Å². The fourth-order valence-electron chi connectivity index (χ4n) is 2.41. The molecule has 0 radical (unpaired) electrons. The molecule has 0 saturated carbocycles. The fraction of sp³-hybridized carbons (Fsp3) is 0.412. The molecular formula is C17H24N4O2. The third-order valence-corrected chi connectivity index (χ3v) is 3.69. The molecule has 6 heteroatoms. The Morgan fingerprint density at radius 2 is 2.09 bits per heavy atom. The summed E-state index contributed by atoms with van der Waals surface area (Å²) in [6.45, 7) is 4.93. The van der Waals surface area contributed by atoms with Gasteiger partial charge in [0.15, 0.2) is 0 Å². The molecule has 0 aliphatic carbocycles. The van der Waals surface area contributed by atoms with Crippen LogP contribution in [0.4, 0.5) is 4.79 Å². The Balaban J connectivity index is 1.99. The highest BCUT2D eigenvalue weighted by Gasteiger charge is 2.15. The van der Waals surface area contributed by atoms with Crippen LogP contribution in [-0.4, -0.2) is 45.3 Å². The van der Waals surface area contributed by atoms with Gasteiger partial charge in [0.25, 0.3) is 0 Å². The second-order valence-corrected chi connectivity index (χ2v) is 5.44. The van der Waals surface area contributed by atoms with E-state index in [9.17, 15) is 4.79 Å². The third kappa shape index (κ3) is 4.56. The molecule has 0 fully saturated rings. The van der Waals surface area contributed by atoms with Crippen molar-refractivity contribution in [3.63, 3.8) is 0 Å². The SMILES string of the molecule is CCCN(CCO)C(=O)NC(C)c1ccc(-n2ccnc2)cc1. The zero-order valence-corrected chi connectivity index (χ0v) is 13.6. The van der Waals surface area contributed by atoms with Crippen LogP contribution in [0.25, 0.3) is 5.69 Å². The van der Waals surface area contributed by atoms with Gasteiger partial charge in [0, 0.05) is 31.2 Å². The number of hydrogen-bond donors (Lipinski definition) is 2. The van der Waals surface area contributed by atoms with E-state index in [1.54, 1.807) is 17.4 Å². The fourth-order valence-corrected chi connectivity index (χ4v) is 2.41. The maximum absolute atomic E-state index is 12.3. The van der Waals surface area contributed by atoms with Crippen LogP contribution in [0, 0.1) is 0 Å². The van der Waals surface area contributed by atoms with Crippen molar-refractivity contribution in [3.8, 4) is 5.69 Å². The quantitative estimate of drug-likeness (QED) is 0.824. The van der Waals surface area contributed by atoms with Crippen molar-refractivity contribution in [1.82, 2.24) is 19.8 Å². The lowest BCUT2D eigenvalue weighted by Crippen LogP contribution is -2.42. The number of rotatable bonds is 7. The Hall–Kier alpha value is -2.34. The van der Waals surface area contributed by atoms with Gasteiger partial charge in [-0.15, -0.1) is 0 Å². The first-order chi connectivity index (χ1) is 11.2. The molecule has 1 heterocycles. The van der Waals surface area contributed by atoms with E-state index in [0.717, 1.165) is 17.7 Å². The molecule has 2 amide bonds. The number of urea groups is 1. The first-order valence-corrected chi connectivity index (χ1v) is 7.90. The summed E-state index contributed by atoms with van der Waals surface area (Å²) >= 11 is 0. The van der Waals surface area contributed by atoms with Crippen LogP contribution in [0.1, 0.15) is 31.9 Å². The van der Waals surface area contributed by atoms with E-state index >= 15 is 0 Å². The van der Waals surface area contributed by atoms with E-state index in [-0.39, 0.29) is 18.7 Å². The summed E-state index contributed by atoms with van der Waals surface area (Å²) in [5.74, 6) is 0. The van der Waals surface area contributed by atoms with Crippen molar-refractivity contribution in [2.24, 2.45) is 0 Å². The molecule has 2 N–H and O–H groups in total. The number of amides is 2. The smallest absolute Gasteiger partial charge is 0.317 e. The summed E-state index contributed by atoms with van der Waals surface area (Å²) in [7, 11) is 0. The van der Waals surface area contributed by atoms with Crippen LogP contribution < -0.4 is 5.32 Å². The molecule has 0 aliphatic rings. The van der Waals surface area contributed by atoms with Gasteiger partial charge in [0.1, 0.15) is 0 Å². The second kappa shape index (κ2) is 8.33. The number of nitrogens with zero attached hydrogens (tertiary/aromatic N) is 3. The molecule has 1 atom stereocenters. The molecule has 2 rings (SSSR count). The Kier molecular flexibility index (Phi) is 6.17. The Morgan fingerprint density at radius 3 is 2.65 bits per heavy atom. The number of aliphatic hydroxyl groups is 1. The molecule has 0 saturated heterocycles. The molecule has 23 heavy (non-hydrogen) atoms. The Bertz CT molecular complexity index is 590. The highest BCUT2D eigenvalue weighted by molar-refractivity contribution is 5.74. The number of hydrogen-bond acceptors (Lipinski definition) is 3. The van der Waals surface area contributed by atoms with Gasteiger partial charge in [-0.1, -0.05) is 19.1 Å². The predicted octanol–water partition coefficient (Wildman–Crippen LogP) is 2.35. The molecule has 124 valence electrons. The minimum absolute atomic E-state index is 0.0264. The van der Waals surface area contributed by atoms with E-state index in [2.05, 4.69) is 10.3 Å². The average Bonchev–Trinajstić information content (AvgIpc) is 3.09. The van der Waals surface area contributed by atoms with Gasteiger partial charge in [0.05, 0.1) is 19.0 Å². The van der Waals surface area contributed by atoms with E-state index in [0.29, 0.717) is 13.1 Å². The lowest BCUT2D eigenvalue weighted by Gasteiger charge is -2.24. The maximum atomic E-state index is 12.3. The van der Waals surface area contributed by atoms with Gasteiger partial charge in [0.2, 0.25) is 0 Å². The summed E-state index contributed by atoms with van der Waals surface area (Å²) in [6, 6.07) is 7.74. The monoisotopic (exact) mass is 316 g/mol. The van der Waals surface area contributed by atoms with E-state index < -0.39 is 0 Å². The van der Waals surface area contributed by atoms with Crippen molar-refractivity contribution < 1.29 is 9.90 Å². The summed E-state index contributed by atoms with van der Waals surface area (Å²) in [4.78, 5) is 17.9. The zero-order valence-electron chi connectivity index (χ0n) is 13.6. The molecule has 6 nitrogen and oxygen atoms in total. The van der Waals surface area contributed by atoms with Crippen molar-refractivity contribution in [2.45, 2.75) is 26.3 Å². The van der Waals surface area contributed by atoms with E-state index in [1.807, 2.05) is 48.9 Å². The average molecular weight is 316 g/mol. The molecule has 1 aromatic heterocycles. The number of carbonyl (C=O) groups is 1. The van der Waals surface area contributed by atoms with Crippen molar-refractivity contribution in [2.75, 3.05) is 19.7 Å². The summed E-state index contributed by atoms with van der Waals surface area (Å²) < 4.78 is 1.93. The van der Waals surface area contributed by atoms with Gasteiger partial charge in [-0.3, -0.25) is 0 Å². The molecule has 0 aliphatic heterocycles. The molecule has 0 bridgehead atoms. The molecular weight excluding hydrogens is 292 g/mol. The number of benzene rings is 1. The molecule has 1 unspecified atom stereocenters. The van der Waals surface area contributed by atoms with E-state index in [1.165, 1.54) is 0 Å². The van der Waals surface area contributed by atoms with Crippen LogP contribution in [0.15, 0.2) is 43.0 Å². The maximum Gasteiger partial charge on any atom is 0.317 e. The van der Waals surface area contributed by atoms with Gasteiger partial charge in [-0.2, -0.15) is 0 Å². The first kappa shape index (κ1) is 17.0. The lowest BCUT2D eigenvalue weighted by molar-refractivity contribution is 0.174. The lowest BCUT2D eigenvalue weighted by atomic mass is 10.1. The largest absolute Gasteiger partial charge is 0.395 e. The minimum Gasteiger partial charge on any atom is -0.395 e. The number of imidazole rings is 1. The normalized spacial score (nSPS) is 12.0. The van der Waals surface area contributed by atoms with Crippen LogP contribution in [-0.2, 0) is 0 Å². The van der Waals surface area contributed by atoms with Crippen molar-refractivity contribution in [1.29, 1.82) is 0 Å². The third-order valence-electron chi connectivity index (χ3n) is 3.69. The standard InChI is InChI=1S/C17H24N4O2/c1-3-9-20(11-12-22)17(23)19-14(2)15-4-6-16(7-5-15)21-10-8-18-13-21/h4-8,10,13-14,22H,3,9,11-12H2,1-2H3,(H,19,23). The minimum atomic E-state index is -0.146. The van der Waals surface area contributed by atoms with Gasteiger partial charge < -0.3 is 19.9 Å². The second-order valence-electron chi connectivity index (χ2n) is 5.44. The van der Waals surface area contributed by atoms with E-state index in [4.69, 9.17) is 5.11 Å². The number of aliphatic hydroxyl groups excluding tert-OH is 1. The molecule has 0 spiro atoms. The Morgan fingerprint density at radius 1 is 1.35 bits per heavy atom. The van der Waals surface area contributed by atoms with Crippen LogP contribution in [0.5, 0.6) is 0 Å². The van der Waals surface area contributed by atoms with Crippen molar-refractivity contribution >= 4 is 6.03 Å². The Labute approximate surface area is 136 Å². The summed E-state index contributed by atoms with van der Waals surface area (Å²) in [6.07, 6.45) is 6.23. The number of carbonyl (C=O) groups excluding carboxylic acids is 1. The first-order valence-electron chi connectivity index (χ1n) is 7.90. The molecule has 1 aromatic carbocycles. The van der Waals surface area contributed by atoms with Crippen molar-refractivity contribution in [3.05, 3.63) is 48.5 Å². The zero-order chi connectivity index (χ0) is 16.7. The summed E-state index contributed by atoms with van der Waals surface area (Å²) in [5.41, 5.74) is 2.06. The van der Waals surface area contributed by atoms with Gasteiger partial charge in [-0.25, -0.2) is 9.78 Å². The topological polar surface area (TPSA) is 70.4 Å². The highest BCUT2D eigenvalue weighted by atomic mass is 16.3. The number of aromatic nitrogens is 2. The van der Waals surface area contributed by atoms with Crippen LogP contribution >= 0.6 is 0 Å².